The molecule has 4 heteroatoms. The van der Waals surface area contributed by atoms with Crippen molar-refractivity contribution in [2.75, 3.05) is 0 Å². The summed E-state index contributed by atoms with van der Waals surface area (Å²) in [6.07, 6.45) is 7.13. The fourth-order valence-electron chi connectivity index (χ4n) is 0.811. The predicted octanol–water partition coefficient (Wildman–Crippen LogP) is -1.06. The van der Waals surface area contributed by atoms with E-state index in [2.05, 4.69) is 10.9 Å². The molecular weight excluding hydrogens is 153 g/mol. The average Bonchev–Trinajstić information content (AvgIpc) is 2.06. The monoisotopic (exact) mass is 161 g/mol. The van der Waals surface area contributed by atoms with Crippen LogP contribution in [0.15, 0.2) is 18.3 Å². The van der Waals surface area contributed by atoms with E-state index in [1.54, 1.807) is 6.07 Å². The Morgan fingerprint density at radius 1 is 1.50 bits per heavy atom. The second-order valence-corrected chi connectivity index (χ2v) is 2.35. The van der Waals surface area contributed by atoms with Crippen LogP contribution in [0.2, 0.25) is 0 Å². The highest BCUT2D eigenvalue weighted by Gasteiger charge is 2.11. The van der Waals surface area contributed by atoms with E-state index < -0.39 is 7.12 Å². The summed E-state index contributed by atoms with van der Waals surface area (Å²) in [5.74, 6) is 2.47. The molecule has 1 rings (SSSR count). The molecule has 1 heterocycles. The minimum Gasteiger partial charge on any atom is -0.422 e. The third-order valence-electron chi connectivity index (χ3n) is 1.42. The summed E-state index contributed by atoms with van der Waals surface area (Å²) in [7, 11) is -1.51. The number of hydrogen-bond donors (Lipinski definition) is 2. The quantitative estimate of drug-likeness (QED) is 0.429. The Morgan fingerprint density at radius 3 is 2.67 bits per heavy atom. The molecule has 1 aromatic rings. The van der Waals surface area contributed by atoms with Crippen molar-refractivity contribution in [3.05, 3.63) is 23.9 Å². The van der Waals surface area contributed by atoms with Crippen LogP contribution in [-0.2, 0) is 6.42 Å². The van der Waals surface area contributed by atoms with Gasteiger partial charge in [0.2, 0.25) is 0 Å². The first-order valence-corrected chi connectivity index (χ1v) is 3.48. The maximum atomic E-state index is 8.70. The number of aromatic nitrogens is 1. The highest BCUT2D eigenvalue weighted by Crippen LogP contribution is 1.94. The van der Waals surface area contributed by atoms with E-state index >= 15 is 0 Å². The lowest BCUT2D eigenvalue weighted by atomic mass is 9.85. The zero-order valence-corrected chi connectivity index (χ0v) is 6.44. The molecule has 12 heavy (non-hydrogen) atoms. The number of terminal acetylenes is 1. The van der Waals surface area contributed by atoms with Crippen molar-refractivity contribution in [2.24, 2.45) is 0 Å². The van der Waals surface area contributed by atoms with Crippen LogP contribution in [0, 0.1) is 12.3 Å². The molecule has 0 fully saturated rings. The SMILES string of the molecule is C#CCc1ccc(B(O)O)nc1. The average molecular weight is 161 g/mol. The minimum atomic E-state index is -1.51. The smallest absolute Gasteiger partial charge is 0.422 e. The first-order chi connectivity index (χ1) is 5.74. The van der Waals surface area contributed by atoms with Gasteiger partial charge >= 0.3 is 7.12 Å². The summed E-state index contributed by atoms with van der Waals surface area (Å²) in [4.78, 5) is 3.80. The predicted molar refractivity (Wildman–Crippen MR) is 46.6 cm³/mol. The van der Waals surface area contributed by atoms with E-state index in [1.807, 2.05) is 0 Å². The van der Waals surface area contributed by atoms with E-state index in [-0.39, 0.29) is 5.59 Å². The molecule has 0 radical (unpaired) electrons. The number of hydrogen-bond acceptors (Lipinski definition) is 3. The Kier molecular flexibility index (Phi) is 2.86. The minimum absolute atomic E-state index is 0.232. The second kappa shape index (κ2) is 3.91. The van der Waals surface area contributed by atoms with Crippen molar-refractivity contribution >= 4 is 12.7 Å². The summed E-state index contributed by atoms with van der Waals surface area (Å²) in [5.41, 5.74) is 1.12. The van der Waals surface area contributed by atoms with E-state index in [4.69, 9.17) is 16.5 Å². The molecule has 0 aliphatic carbocycles. The molecule has 3 nitrogen and oxygen atoms in total. The van der Waals surface area contributed by atoms with Crippen LogP contribution in [0.5, 0.6) is 0 Å². The molecule has 0 aliphatic rings. The van der Waals surface area contributed by atoms with Crippen LogP contribution in [-0.4, -0.2) is 22.2 Å². The second-order valence-electron chi connectivity index (χ2n) is 2.35. The third-order valence-corrected chi connectivity index (χ3v) is 1.42. The van der Waals surface area contributed by atoms with Crippen LogP contribution in [0.3, 0.4) is 0 Å². The van der Waals surface area contributed by atoms with E-state index in [1.165, 1.54) is 12.3 Å². The lowest BCUT2D eigenvalue weighted by Gasteiger charge is -1.98. The molecule has 0 atom stereocenters. The fourth-order valence-corrected chi connectivity index (χ4v) is 0.811. The lowest BCUT2D eigenvalue weighted by Crippen LogP contribution is -2.32. The van der Waals surface area contributed by atoms with Crippen molar-refractivity contribution < 1.29 is 10.0 Å². The van der Waals surface area contributed by atoms with Crippen LogP contribution in [0.4, 0.5) is 0 Å². The van der Waals surface area contributed by atoms with Gasteiger partial charge in [0.15, 0.2) is 0 Å². The molecule has 1 aromatic heterocycles. The highest BCUT2D eigenvalue weighted by molar-refractivity contribution is 6.57. The summed E-state index contributed by atoms with van der Waals surface area (Å²) in [5, 5.41) is 17.4. The zero-order chi connectivity index (χ0) is 8.97. The number of pyridine rings is 1. The Morgan fingerprint density at radius 2 is 2.25 bits per heavy atom. The van der Waals surface area contributed by atoms with Crippen molar-refractivity contribution in [3.63, 3.8) is 0 Å². The molecule has 60 valence electrons. The van der Waals surface area contributed by atoms with Crippen molar-refractivity contribution in [2.45, 2.75) is 6.42 Å². The van der Waals surface area contributed by atoms with Crippen molar-refractivity contribution in [1.29, 1.82) is 0 Å². The maximum absolute atomic E-state index is 8.70. The summed E-state index contributed by atoms with van der Waals surface area (Å²) in [6, 6.07) is 3.26. The Bertz CT molecular complexity index is 289. The van der Waals surface area contributed by atoms with Gasteiger partial charge in [-0.2, -0.15) is 0 Å². The van der Waals surface area contributed by atoms with Gasteiger partial charge in [-0.25, -0.2) is 0 Å². The van der Waals surface area contributed by atoms with Crippen LogP contribution in [0.25, 0.3) is 0 Å². The van der Waals surface area contributed by atoms with Crippen molar-refractivity contribution in [1.82, 2.24) is 4.98 Å². The molecule has 0 unspecified atom stereocenters. The van der Waals surface area contributed by atoms with E-state index in [0.717, 1.165) is 5.56 Å². The Balaban J connectivity index is 2.80. The maximum Gasteiger partial charge on any atom is 0.508 e. The molecule has 0 saturated heterocycles. The van der Waals surface area contributed by atoms with Gasteiger partial charge < -0.3 is 10.0 Å². The standard InChI is InChI=1S/C8H8BNO2/c1-2-3-7-4-5-8(9(11)12)10-6-7/h1,4-6,11-12H,3H2. The molecule has 0 spiro atoms. The van der Waals surface area contributed by atoms with Gasteiger partial charge in [-0.1, -0.05) is 6.07 Å². The van der Waals surface area contributed by atoms with Gasteiger partial charge in [0.05, 0.1) is 5.59 Å². The molecule has 0 aliphatic heterocycles. The number of nitrogens with zero attached hydrogens (tertiary/aromatic N) is 1. The summed E-state index contributed by atoms with van der Waals surface area (Å²) < 4.78 is 0. The van der Waals surface area contributed by atoms with Crippen LogP contribution in [0.1, 0.15) is 5.56 Å². The topological polar surface area (TPSA) is 53.4 Å². The normalized spacial score (nSPS) is 9.08. The van der Waals surface area contributed by atoms with Gasteiger partial charge in [-0.15, -0.1) is 12.3 Å². The highest BCUT2D eigenvalue weighted by atomic mass is 16.4. The molecule has 2 N–H and O–H groups in total. The molecule has 0 aromatic carbocycles. The largest absolute Gasteiger partial charge is 0.508 e. The van der Waals surface area contributed by atoms with Gasteiger partial charge in [-0.3, -0.25) is 4.98 Å². The van der Waals surface area contributed by atoms with Crippen molar-refractivity contribution in [3.8, 4) is 12.3 Å². The van der Waals surface area contributed by atoms with Gasteiger partial charge in [0.25, 0.3) is 0 Å². The lowest BCUT2D eigenvalue weighted by molar-refractivity contribution is 0.424. The Labute approximate surface area is 71.2 Å². The first-order valence-electron chi connectivity index (χ1n) is 3.48. The molecular formula is C8H8BNO2. The Hall–Kier alpha value is -1.31. The summed E-state index contributed by atoms with van der Waals surface area (Å²) in [6.45, 7) is 0. The molecule has 0 bridgehead atoms. The number of rotatable bonds is 2. The van der Waals surface area contributed by atoms with Crippen LogP contribution < -0.4 is 5.59 Å². The van der Waals surface area contributed by atoms with Gasteiger partial charge in [0.1, 0.15) is 0 Å². The van der Waals surface area contributed by atoms with Gasteiger partial charge in [-0.05, 0) is 11.6 Å². The molecule has 0 saturated carbocycles. The van der Waals surface area contributed by atoms with E-state index in [0.29, 0.717) is 6.42 Å². The fraction of sp³-hybridized carbons (Fsp3) is 0.125. The first kappa shape index (κ1) is 8.79. The third kappa shape index (κ3) is 2.09. The van der Waals surface area contributed by atoms with E-state index in [9.17, 15) is 0 Å². The summed E-state index contributed by atoms with van der Waals surface area (Å²) >= 11 is 0. The molecule has 0 amide bonds. The van der Waals surface area contributed by atoms with Crippen LogP contribution >= 0.6 is 0 Å². The zero-order valence-electron chi connectivity index (χ0n) is 6.44. The van der Waals surface area contributed by atoms with Gasteiger partial charge in [0, 0.05) is 12.6 Å².